The first-order chi connectivity index (χ1) is 16.2. The van der Waals surface area contributed by atoms with E-state index < -0.39 is 22.7 Å². The Kier molecular flexibility index (Phi) is 8.18. The van der Waals surface area contributed by atoms with Gasteiger partial charge in [0.2, 0.25) is 0 Å². The number of piperidine rings is 1. The molecule has 184 valence electrons. The van der Waals surface area contributed by atoms with E-state index in [-0.39, 0.29) is 17.5 Å². The number of nitrogens with zero attached hydrogens (tertiary/aromatic N) is 1. The van der Waals surface area contributed by atoms with E-state index in [1.807, 2.05) is 12.1 Å². The van der Waals surface area contributed by atoms with Crippen molar-refractivity contribution in [1.29, 1.82) is 0 Å². The zero-order valence-corrected chi connectivity index (χ0v) is 21.6. The average molecular weight is 527 g/mol. The second-order valence-electron chi connectivity index (χ2n) is 9.20. The van der Waals surface area contributed by atoms with Crippen LogP contribution in [0.1, 0.15) is 66.1 Å². The Morgan fingerprint density at radius 3 is 2.38 bits per heavy atom. The van der Waals surface area contributed by atoms with Gasteiger partial charge >= 0.3 is 0 Å². The van der Waals surface area contributed by atoms with Crippen LogP contribution in [-0.2, 0) is 11.0 Å². The van der Waals surface area contributed by atoms with Crippen LogP contribution in [0.25, 0.3) is 0 Å². The molecule has 2 aromatic rings. The summed E-state index contributed by atoms with van der Waals surface area (Å²) in [5, 5.41) is 1.28. The van der Waals surface area contributed by atoms with Gasteiger partial charge in [0.25, 0.3) is 5.91 Å². The minimum atomic E-state index is -1.55. The van der Waals surface area contributed by atoms with Crippen molar-refractivity contribution in [3.8, 4) is 5.75 Å². The summed E-state index contributed by atoms with van der Waals surface area (Å²) in [5.41, 5.74) is 1.87. The first-order valence-electron chi connectivity index (χ1n) is 11.5. The molecule has 2 aliphatic rings. The lowest BCUT2D eigenvalue weighted by Gasteiger charge is -2.36. The van der Waals surface area contributed by atoms with Gasteiger partial charge in [-0.25, -0.2) is 8.60 Å². The third-order valence-electron chi connectivity index (χ3n) is 6.64. The quantitative estimate of drug-likeness (QED) is 0.466. The molecule has 34 heavy (non-hydrogen) atoms. The number of amides is 1. The van der Waals surface area contributed by atoms with Gasteiger partial charge in [0.15, 0.2) is 0 Å². The molecule has 1 aliphatic carbocycles. The lowest BCUT2D eigenvalue weighted by molar-refractivity contribution is 0.0978. The summed E-state index contributed by atoms with van der Waals surface area (Å²) in [6, 6.07) is 8.74. The number of carbonyl (C=O) groups is 1. The Bertz CT molecular complexity index is 1070. The van der Waals surface area contributed by atoms with E-state index in [2.05, 4.69) is 16.5 Å². The highest BCUT2D eigenvalue weighted by atomic mass is 35.5. The summed E-state index contributed by atoms with van der Waals surface area (Å²) in [6.45, 7) is 4.52. The number of benzene rings is 2. The predicted molar refractivity (Wildman–Crippen MR) is 135 cm³/mol. The average Bonchev–Trinajstić information content (AvgIpc) is 3.61. The van der Waals surface area contributed by atoms with Crippen LogP contribution in [0.15, 0.2) is 30.3 Å². The van der Waals surface area contributed by atoms with Crippen LogP contribution in [0.5, 0.6) is 5.75 Å². The fraction of sp³-hybridized carbons (Fsp3) is 0.480. The summed E-state index contributed by atoms with van der Waals surface area (Å²) in [6.07, 6.45) is 5.27. The van der Waals surface area contributed by atoms with Crippen LogP contribution in [0.2, 0.25) is 10.0 Å². The second-order valence-corrected chi connectivity index (χ2v) is 11.2. The summed E-state index contributed by atoms with van der Waals surface area (Å²) >= 11 is 12.3. The predicted octanol–water partition coefficient (Wildman–Crippen LogP) is 5.89. The van der Waals surface area contributed by atoms with Crippen LogP contribution in [0, 0.1) is 11.7 Å². The van der Waals surface area contributed by atoms with E-state index in [1.54, 1.807) is 12.1 Å². The van der Waals surface area contributed by atoms with Crippen molar-refractivity contribution in [3.05, 3.63) is 62.9 Å². The van der Waals surface area contributed by atoms with Gasteiger partial charge in [-0.2, -0.15) is 0 Å². The SMILES string of the molecule is CC(c1cc(Cl)cc(Cl)c1)N1CCC(COc2cc(F)c(C(=O)NS(C)=O)cc2C2CC2)CC1. The maximum absolute atomic E-state index is 14.7. The van der Waals surface area contributed by atoms with E-state index in [0.29, 0.717) is 28.3 Å². The number of ether oxygens (including phenoxy) is 1. The third kappa shape index (κ3) is 6.30. The molecular formula is C25H29Cl2FN2O3S. The standard InChI is InChI=1S/C25H29Cl2FN2O3S/c1-15(18-9-19(26)11-20(27)10-18)30-7-5-16(6-8-30)14-33-24-13-23(28)22(25(31)29-34(2)32)12-21(24)17-3-4-17/h9-13,15-17H,3-8,14H2,1-2H3,(H,29,31). The van der Waals surface area contributed by atoms with Crippen molar-refractivity contribution in [3.63, 3.8) is 0 Å². The van der Waals surface area contributed by atoms with Gasteiger partial charge in [-0.1, -0.05) is 23.2 Å². The maximum atomic E-state index is 14.7. The van der Waals surface area contributed by atoms with Crippen LogP contribution in [0.4, 0.5) is 4.39 Å². The van der Waals surface area contributed by atoms with E-state index in [9.17, 15) is 13.4 Å². The molecule has 1 amide bonds. The van der Waals surface area contributed by atoms with Crippen molar-refractivity contribution in [2.24, 2.45) is 5.92 Å². The molecule has 2 unspecified atom stereocenters. The molecule has 2 fully saturated rings. The van der Waals surface area contributed by atoms with E-state index in [4.69, 9.17) is 27.9 Å². The first kappa shape index (κ1) is 25.4. The van der Waals surface area contributed by atoms with E-state index >= 15 is 0 Å². The number of rotatable bonds is 8. The van der Waals surface area contributed by atoms with Crippen molar-refractivity contribution in [1.82, 2.24) is 9.62 Å². The number of nitrogens with one attached hydrogen (secondary N) is 1. The molecule has 1 saturated heterocycles. The molecule has 2 atom stereocenters. The smallest absolute Gasteiger partial charge is 0.265 e. The highest BCUT2D eigenvalue weighted by Crippen LogP contribution is 2.45. The third-order valence-corrected chi connectivity index (χ3v) is 7.55. The maximum Gasteiger partial charge on any atom is 0.265 e. The van der Waals surface area contributed by atoms with Crippen LogP contribution < -0.4 is 9.46 Å². The Hall–Kier alpha value is -1.67. The Morgan fingerprint density at radius 2 is 1.79 bits per heavy atom. The minimum absolute atomic E-state index is 0.0899. The lowest BCUT2D eigenvalue weighted by Crippen LogP contribution is -2.37. The van der Waals surface area contributed by atoms with Crippen LogP contribution in [0.3, 0.4) is 0 Å². The second kappa shape index (κ2) is 10.9. The summed E-state index contributed by atoms with van der Waals surface area (Å²) in [5.74, 6) is -0.174. The number of halogens is 3. The first-order valence-corrected chi connectivity index (χ1v) is 13.8. The monoisotopic (exact) mass is 526 g/mol. The van der Waals surface area contributed by atoms with E-state index in [0.717, 1.165) is 49.9 Å². The Morgan fingerprint density at radius 1 is 1.15 bits per heavy atom. The highest BCUT2D eigenvalue weighted by molar-refractivity contribution is 7.82. The largest absolute Gasteiger partial charge is 0.493 e. The molecule has 1 N–H and O–H groups in total. The minimum Gasteiger partial charge on any atom is -0.493 e. The van der Waals surface area contributed by atoms with E-state index in [1.165, 1.54) is 12.3 Å². The fourth-order valence-corrected chi connectivity index (χ4v) is 5.43. The molecule has 5 nitrogen and oxygen atoms in total. The highest BCUT2D eigenvalue weighted by Gasteiger charge is 2.30. The van der Waals surface area contributed by atoms with Gasteiger partial charge in [-0.3, -0.25) is 14.4 Å². The zero-order valence-electron chi connectivity index (χ0n) is 19.3. The number of hydrogen-bond acceptors (Lipinski definition) is 4. The summed E-state index contributed by atoms with van der Waals surface area (Å²) < 4.78 is 34.3. The molecule has 1 saturated carbocycles. The van der Waals surface area contributed by atoms with Crippen molar-refractivity contribution >= 4 is 40.1 Å². The van der Waals surface area contributed by atoms with Crippen molar-refractivity contribution < 1.29 is 18.1 Å². The lowest BCUT2D eigenvalue weighted by atomic mass is 9.95. The molecule has 0 aromatic heterocycles. The Labute approximate surface area is 212 Å². The zero-order chi connectivity index (χ0) is 24.4. The topological polar surface area (TPSA) is 58.6 Å². The number of hydrogen-bond donors (Lipinski definition) is 1. The molecule has 9 heteroatoms. The number of likely N-dealkylation sites (tertiary alicyclic amines) is 1. The van der Waals surface area contributed by atoms with Gasteiger partial charge in [0, 0.05) is 28.4 Å². The molecule has 0 bridgehead atoms. The molecular weight excluding hydrogens is 498 g/mol. The Balaban J connectivity index is 1.36. The van der Waals surface area contributed by atoms with Gasteiger partial charge in [0.1, 0.15) is 22.6 Å². The van der Waals surface area contributed by atoms with Gasteiger partial charge < -0.3 is 4.74 Å². The molecule has 2 aromatic carbocycles. The van der Waals surface area contributed by atoms with Gasteiger partial charge in [-0.15, -0.1) is 0 Å². The van der Waals surface area contributed by atoms with Gasteiger partial charge in [-0.05, 0) is 92.9 Å². The van der Waals surface area contributed by atoms with Crippen molar-refractivity contribution in [2.75, 3.05) is 26.0 Å². The fourth-order valence-electron chi connectivity index (χ4n) is 4.51. The molecule has 1 aliphatic heterocycles. The van der Waals surface area contributed by atoms with Crippen molar-refractivity contribution in [2.45, 2.75) is 44.6 Å². The molecule has 1 heterocycles. The van der Waals surface area contributed by atoms with Crippen LogP contribution in [-0.4, -0.2) is 41.0 Å². The van der Waals surface area contributed by atoms with Gasteiger partial charge in [0.05, 0.1) is 12.2 Å². The molecule has 4 rings (SSSR count). The van der Waals surface area contributed by atoms with Crippen LogP contribution >= 0.6 is 23.2 Å². The summed E-state index contributed by atoms with van der Waals surface area (Å²) in [4.78, 5) is 14.6. The normalized spacial score (nSPS) is 19.0. The molecule has 0 spiro atoms. The molecule has 0 radical (unpaired) electrons. The number of carbonyl (C=O) groups excluding carboxylic acids is 1. The summed E-state index contributed by atoms with van der Waals surface area (Å²) in [7, 11) is -1.55.